The molecule has 0 aliphatic carbocycles. The molecule has 0 unspecified atom stereocenters. The van der Waals surface area contributed by atoms with Gasteiger partial charge in [-0.1, -0.05) is 24.3 Å². The minimum atomic E-state index is -4.97. The average molecular weight is 535 g/mol. The number of carboxylic acid groups (broad SMARTS) is 1. The highest BCUT2D eigenvalue weighted by Crippen LogP contribution is 2.35. The van der Waals surface area contributed by atoms with Gasteiger partial charge in [0.05, 0.1) is 16.1 Å². The number of benzene rings is 3. The Balaban J connectivity index is 1.47. The van der Waals surface area contributed by atoms with Gasteiger partial charge in [-0.05, 0) is 60.4 Å². The van der Waals surface area contributed by atoms with E-state index in [0.717, 1.165) is 28.1 Å². The lowest BCUT2D eigenvalue weighted by Gasteiger charge is -2.20. The molecule has 0 bridgehead atoms. The molecule has 1 aliphatic rings. The third-order valence-electron chi connectivity index (χ3n) is 5.73. The van der Waals surface area contributed by atoms with E-state index in [2.05, 4.69) is 10.1 Å². The normalized spacial score (nSPS) is 13.2. The predicted octanol–water partition coefficient (Wildman–Crippen LogP) is 4.01. The SMILES string of the molecule is O=C(O)c1ccc(CCNC(=O)c2ccc3c(c2)N(S(=O)(=O)c2cccc(OC(F)(F)F)c2)CC3)cc1. The summed E-state index contributed by atoms with van der Waals surface area (Å²) in [6.45, 7) is 0.329. The molecule has 37 heavy (non-hydrogen) atoms. The summed E-state index contributed by atoms with van der Waals surface area (Å²) in [5.74, 6) is -2.12. The largest absolute Gasteiger partial charge is 0.573 e. The summed E-state index contributed by atoms with van der Waals surface area (Å²) in [6.07, 6.45) is -4.14. The number of fused-ring (bicyclic) bond motifs is 1. The number of anilines is 1. The summed E-state index contributed by atoms with van der Waals surface area (Å²) in [5, 5.41) is 11.7. The molecule has 1 amide bonds. The lowest BCUT2D eigenvalue weighted by molar-refractivity contribution is -0.274. The van der Waals surface area contributed by atoms with Crippen LogP contribution >= 0.6 is 0 Å². The zero-order chi connectivity index (χ0) is 26.8. The first kappa shape index (κ1) is 26.0. The number of rotatable bonds is 8. The van der Waals surface area contributed by atoms with Crippen molar-refractivity contribution in [3.8, 4) is 5.75 Å². The molecule has 0 radical (unpaired) electrons. The standard InChI is InChI=1S/C25H21F3N2O6S/c26-25(27,28)36-20-2-1-3-21(15-20)37(34,35)30-13-11-17-8-9-19(14-22(17)30)23(31)29-12-10-16-4-6-18(7-5-16)24(32)33/h1-9,14-15H,10-13H2,(H,29,31)(H,32,33). The Morgan fingerprint density at radius 1 is 1.00 bits per heavy atom. The first-order valence-corrected chi connectivity index (χ1v) is 12.5. The highest BCUT2D eigenvalue weighted by Gasteiger charge is 2.34. The van der Waals surface area contributed by atoms with E-state index < -0.39 is 34.0 Å². The lowest BCUT2D eigenvalue weighted by Crippen LogP contribution is -2.30. The molecule has 0 fully saturated rings. The Morgan fingerprint density at radius 2 is 1.70 bits per heavy atom. The van der Waals surface area contributed by atoms with Crippen molar-refractivity contribution in [1.29, 1.82) is 0 Å². The topological polar surface area (TPSA) is 113 Å². The monoisotopic (exact) mass is 534 g/mol. The van der Waals surface area contributed by atoms with Crippen molar-refractivity contribution < 1.29 is 41.0 Å². The maximum atomic E-state index is 13.2. The maximum absolute atomic E-state index is 13.2. The van der Waals surface area contributed by atoms with E-state index >= 15 is 0 Å². The third kappa shape index (κ3) is 6.02. The number of halogens is 3. The molecular formula is C25H21F3N2O6S. The number of hydrogen-bond acceptors (Lipinski definition) is 5. The second-order valence-corrected chi connectivity index (χ2v) is 10.1. The molecule has 0 aromatic heterocycles. The molecule has 2 N–H and O–H groups in total. The minimum absolute atomic E-state index is 0.0689. The summed E-state index contributed by atoms with van der Waals surface area (Å²) in [4.78, 5) is 23.3. The number of alkyl halides is 3. The highest BCUT2D eigenvalue weighted by molar-refractivity contribution is 7.92. The number of ether oxygens (including phenoxy) is 1. The van der Waals surface area contributed by atoms with E-state index in [-0.39, 0.29) is 34.8 Å². The molecule has 194 valence electrons. The average Bonchev–Trinajstić information content (AvgIpc) is 3.27. The zero-order valence-electron chi connectivity index (χ0n) is 19.2. The van der Waals surface area contributed by atoms with Crippen molar-refractivity contribution >= 4 is 27.6 Å². The fraction of sp³-hybridized carbons (Fsp3) is 0.200. The Labute approximate surface area is 210 Å². The number of nitrogens with zero attached hydrogens (tertiary/aromatic N) is 1. The molecule has 3 aromatic rings. The summed E-state index contributed by atoms with van der Waals surface area (Å²) in [6, 6.07) is 15.1. The third-order valence-corrected chi connectivity index (χ3v) is 7.54. The maximum Gasteiger partial charge on any atom is 0.573 e. The Kier molecular flexibility index (Phi) is 7.12. The molecule has 0 saturated heterocycles. The van der Waals surface area contributed by atoms with E-state index in [1.807, 2.05) is 0 Å². The highest BCUT2D eigenvalue weighted by atomic mass is 32.2. The number of carbonyl (C=O) groups excluding carboxylic acids is 1. The van der Waals surface area contributed by atoms with Crippen LogP contribution in [0.15, 0.2) is 71.6 Å². The molecule has 0 saturated carbocycles. The van der Waals surface area contributed by atoms with Gasteiger partial charge in [0.1, 0.15) is 5.75 Å². The van der Waals surface area contributed by atoms with E-state index in [0.29, 0.717) is 18.4 Å². The van der Waals surface area contributed by atoms with Crippen LogP contribution in [0, 0.1) is 0 Å². The molecule has 3 aromatic carbocycles. The van der Waals surface area contributed by atoms with E-state index in [9.17, 15) is 31.2 Å². The fourth-order valence-electron chi connectivity index (χ4n) is 3.94. The van der Waals surface area contributed by atoms with E-state index in [1.165, 1.54) is 24.3 Å². The van der Waals surface area contributed by atoms with Crippen molar-refractivity contribution in [2.24, 2.45) is 0 Å². The van der Waals surface area contributed by atoms with Gasteiger partial charge >= 0.3 is 12.3 Å². The second kappa shape index (κ2) is 10.1. The molecular weight excluding hydrogens is 513 g/mol. The first-order valence-electron chi connectivity index (χ1n) is 11.1. The van der Waals surface area contributed by atoms with Gasteiger partial charge in [0, 0.05) is 24.7 Å². The van der Waals surface area contributed by atoms with Crippen LogP contribution in [0.5, 0.6) is 5.75 Å². The van der Waals surface area contributed by atoms with Gasteiger partial charge in [0.15, 0.2) is 0 Å². The summed E-state index contributed by atoms with van der Waals surface area (Å²) < 4.78 is 69.1. The van der Waals surface area contributed by atoms with Gasteiger partial charge in [-0.25, -0.2) is 13.2 Å². The molecule has 4 rings (SSSR count). The smallest absolute Gasteiger partial charge is 0.478 e. The van der Waals surface area contributed by atoms with Gasteiger partial charge < -0.3 is 15.2 Å². The number of aromatic carboxylic acids is 1. The number of sulfonamides is 1. The predicted molar refractivity (Wildman–Crippen MR) is 127 cm³/mol. The van der Waals surface area contributed by atoms with Crippen molar-refractivity contribution in [3.63, 3.8) is 0 Å². The van der Waals surface area contributed by atoms with E-state index in [1.54, 1.807) is 24.3 Å². The molecule has 8 nitrogen and oxygen atoms in total. The van der Waals surface area contributed by atoms with Crippen LogP contribution in [-0.4, -0.2) is 44.9 Å². The molecule has 0 atom stereocenters. The van der Waals surface area contributed by atoms with Gasteiger partial charge in [-0.3, -0.25) is 9.10 Å². The van der Waals surface area contributed by atoms with Gasteiger partial charge in [-0.2, -0.15) is 0 Å². The van der Waals surface area contributed by atoms with Crippen LogP contribution in [0.4, 0.5) is 18.9 Å². The number of carboxylic acids is 1. The van der Waals surface area contributed by atoms with Gasteiger partial charge in [-0.15, -0.1) is 13.2 Å². The summed E-state index contributed by atoms with van der Waals surface area (Å²) in [7, 11) is -4.22. The summed E-state index contributed by atoms with van der Waals surface area (Å²) >= 11 is 0. The first-order chi connectivity index (χ1) is 17.4. The van der Waals surface area contributed by atoms with Crippen molar-refractivity contribution in [2.75, 3.05) is 17.4 Å². The summed E-state index contributed by atoms with van der Waals surface area (Å²) in [5.41, 5.74) is 2.16. The van der Waals surface area contributed by atoms with Gasteiger partial charge in [0.2, 0.25) is 0 Å². The van der Waals surface area contributed by atoms with Crippen molar-refractivity contribution in [3.05, 3.63) is 89.0 Å². The molecule has 1 heterocycles. The lowest BCUT2D eigenvalue weighted by atomic mass is 10.1. The van der Waals surface area contributed by atoms with Crippen molar-refractivity contribution in [2.45, 2.75) is 24.1 Å². The Hall–Kier alpha value is -4.06. The van der Waals surface area contributed by atoms with Crippen LogP contribution in [-0.2, 0) is 22.9 Å². The van der Waals surface area contributed by atoms with Crippen LogP contribution in [0.25, 0.3) is 0 Å². The fourth-order valence-corrected chi connectivity index (χ4v) is 5.47. The molecule has 0 spiro atoms. The quantitative estimate of drug-likeness (QED) is 0.452. The van der Waals surface area contributed by atoms with Crippen LogP contribution in [0.3, 0.4) is 0 Å². The van der Waals surface area contributed by atoms with Crippen LogP contribution < -0.4 is 14.4 Å². The number of amides is 1. The van der Waals surface area contributed by atoms with Gasteiger partial charge in [0.25, 0.3) is 15.9 Å². The van der Waals surface area contributed by atoms with Crippen LogP contribution in [0.1, 0.15) is 31.8 Å². The van der Waals surface area contributed by atoms with Crippen LogP contribution in [0.2, 0.25) is 0 Å². The number of hydrogen-bond donors (Lipinski definition) is 2. The molecule has 12 heteroatoms. The Bertz CT molecular complexity index is 1440. The number of carbonyl (C=O) groups is 2. The number of nitrogens with one attached hydrogen (secondary N) is 1. The minimum Gasteiger partial charge on any atom is -0.478 e. The zero-order valence-corrected chi connectivity index (χ0v) is 20.0. The van der Waals surface area contributed by atoms with Crippen molar-refractivity contribution in [1.82, 2.24) is 5.32 Å². The Morgan fingerprint density at radius 3 is 2.38 bits per heavy atom. The van der Waals surface area contributed by atoms with E-state index in [4.69, 9.17) is 5.11 Å². The molecule has 1 aliphatic heterocycles. The second-order valence-electron chi connectivity index (χ2n) is 8.20.